The number of halogens is 5. The summed E-state index contributed by atoms with van der Waals surface area (Å²) in [7, 11) is 1.02. The number of benzene rings is 1. The fourth-order valence-corrected chi connectivity index (χ4v) is 3.33. The average Bonchev–Trinajstić information content (AvgIpc) is 3.16. The van der Waals surface area contributed by atoms with E-state index in [1.54, 1.807) is 0 Å². The number of hydrogen-bond donors (Lipinski definition) is 2. The zero-order valence-electron chi connectivity index (χ0n) is 15.9. The first-order valence-electron chi connectivity index (χ1n) is 8.83. The molecule has 7 nitrogen and oxygen atoms in total. The number of anilines is 1. The van der Waals surface area contributed by atoms with Crippen LogP contribution < -0.4 is 15.8 Å². The number of hydrogen-bond acceptors (Lipinski definition) is 5. The third-order valence-electron chi connectivity index (χ3n) is 4.73. The van der Waals surface area contributed by atoms with Crippen LogP contribution in [0.5, 0.6) is 5.75 Å². The van der Waals surface area contributed by atoms with E-state index < -0.39 is 59.9 Å². The van der Waals surface area contributed by atoms with Gasteiger partial charge in [0.15, 0.2) is 17.7 Å². The van der Waals surface area contributed by atoms with Gasteiger partial charge in [0.25, 0.3) is 11.8 Å². The molecule has 3 rings (SSSR count). The van der Waals surface area contributed by atoms with Gasteiger partial charge in [0, 0.05) is 23.4 Å². The maximum absolute atomic E-state index is 14.1. The standard InChI is InChI=1S/C19H16F5N3O4/c1-30-15-9(2-3-11(20)14(15)21)10-7-13(19(22,23)24)31-16(10)18(29)27-8-4-5-26-12(6-8)17(25)28/h2-6,10,13,16H,7H2,1H3,(H2,25,28)(H,26,27,29)/t10-,13?,16-/m0/s1. The van der Waals surface area contributed by atoms with E-state index in [9.17, 15) is 31.5 Å². The van der Waals surface area contributed by atoms with Gasteiger partial charge in [0.1, 0.15) is 11.8 Å². The number of alkyl halides is 3. The molecule has 1 unspecified atom stereocenters. The highest BCUT2D eigenvalue weighted by Crippen LogP contribution is 2.45. The molecule has 0 spiro atoms. The van der Waals surface area contributed by atoms with Gasteiger partial charge in [-0.25, -0.2) is 4.39 Å². The molecule has 0 saturated carbocycles. The highest BCUT2D eigenvalue weighted by Gasteiger charge is 2.52. The number of methoxy groups -OCH3 is 1. The van der Waals surface area contributed by atoms with E-state index in [4.69, 9.17) is 15.2 Å². The quantitative estimate of drug-likeness (QED) is 0.689. The molecular formula is C19H16F5N3O4. The molecule has 0 aliphatic carbocycles. The average molecular weight is 445 g/mol. The van der Waals surface area contributed by atoms with E-state index in [1.165, 1.54) is 12.3 Å². The van der Waals surface area contributed by atoms with Gasteiger partial charge in [-0.2, -0.15) is 17.6 Å². The van der Waals surface area contributed by atoms with E-state index in [1.807, 2.05) is 0 Å². The van der Waals surface area contributed by atoms with Crippen molar-refractivity contribution in [2.45, 2.75) is 30.7 Å². The van der Waals surface area contributed by atoms with E-state index in [0.717, 1.165) is 25.3 Å². The first-order chi connectivity index (χ1) is 14.5. The van der Waals surface area contributed by atoms with Gasteiger partial charge in [0.05, 0.1) is 7.11 Å². The van der Waals surface area contributed by atoms with Gasteiger partial charge >= 0.3 is 6.18 Å². The molecule has 1 aliphatic heterocycles. The topological polar surface area (TPSA) is 104 Å². The number of nitrogens with zero attached hydrogens (tertiary/aromatic N) is 1. The first-order valence-corrected chi connectivity index (χ1v) is 8.83. The summed E-state index contributed by atoms with van der Waals surface area (Å²) in [4.78, 5) is 27.7. The Morgan fingerprint density at radius 2 is 1.97 bits per heavy atom. The second-order valence-corrected chi connectivity index (χ2v) is 6.70. The number of aromatic nitrogens is 1. The van der Waals surface area contributed by atoms with E-state index >= 15 is 0 Å². The maximum Gasteiger partial charge on any atom is 0.414 e. The van der Waals surface area contributed by atoms with Gasteiger partial charge in [-0.1, -0.05) is 6.07 Å². The second-order valence-electron chi connectivity index (χ2n) is 6.70. The molecule has 31 heavy (non-hydrogen) atoms. The molecule has 3 N–H and O–H groups in total. The van der Waals surface area contributed by atoms with Crippen LogP contribution in [0.15, 0.2) is 30.5 Å². The first kappa shape index (κ1) is 22.4. The number of ether oxygens (including phenoxy) is 2. The van der Waals surface area contributed by atoms with E-state index in [-0.39, 0.29) is 16.9 Å². The van der Waals surface area contributed by atoms with Crippen molar-refractivity contribution in [3.05, 3.63) is 53.4 Å². The molecule has 1 saturated heterocycles. The van der Waals surface area contributed by atoms with Crippen molar-refractivity contribution >= 4 is 17.5 Å². The molecule has 0 radical (unpaired) electrons. The van der Waals surface area contributed by atoms with Crippen LogP contribution in [0.4, 0.5) is 27.6 Å². The summed E-state index contributed by atoms with van der Waals surface area (Å²) in [5.74, 6) is -6.44. The lowest BCUT2D eigenvalue weighted by molar-refractivity contribution is -0.213. The summed E-state index contributed by atoms with van der Waals surface area (Å²) in [6.45, 7) is 0. The van der Waals surface area contributed by atoms with Gasteiger partial charge in [-0.05, 0) is 24.6 Å². The minimum atomic E-state index is -4.80. The fraction of sp³-hybridized carbons (Fsp3) is 0.316. The van der Waals surface area contributed by atoms with Crippen molar-refractivity contribution < 1.29 is 41.0 Å². The lowest BCUT2D eigenvalue weighted by atomic mass is 9.89. The summed E-state index contributed by atoms with van der Waals surface area (Å²) in [5.41, 5.74) is 4.81. The van der Waals surface area contributed by atoms with E-state index in [0.29, 0.717) is 0 Å². The molecule has 2 amide bonds. The van der Waals surface area contributed by atoms with Crippen molar-refractivity contribution in [1.82, 2.24) is 4.98 Å². The van der Waals surface area contributed by atoms with Crippen molar-refractivity contribution in [3.63, 3.8) is 0 Å². The number of rotatable bonds is 5. The van der Waals surface area contributed by atoms with Gasteiger partial charge < -0.3 is 20.5 Å². The molecule has 1 fully saturated rings. The Hall–Kier alpha value is -3.28. The molecular weight excluding hydrogens is 429 g/mol. The van der Waals surface area contributed by atoms with Crippen LogP contribution in [0, 0.1) is 11.6 Å². The summed E-state index contributed by atoms with van der Waals surface area (Å²) in [5, 5.41) is 2.33. The van der Waals surface area contributed by atoms with Gasteiger partial charge in [-0.3, -0.25) is 14.6 Å². The Balaban J connectivity index is 1.96. The van der Waals surface area contributed by atoms with Crippen molar-refractivity contribution in [1.29, 1.82) is 0 Å². The third kappa shape index (κ3) is 4.58. The number of nitrogens with one attached hydrogen (secondary N) is 1. The smallest absolute Gasteiger partial charge is 0.414 e. The van der Waals surface area contributed by atoms with Crippen LogP contribution in [-0.4, -0.2) is 42.3 Å². The Bertz CT molecular complexity index is 1010. The Kier molecular flexibility index (Phi) is 6.11. The molecule has 1 aromatic heterocycles. The number of amides is 2. The number of primary amides is 1. The molecule has 2 heterocycles. The van der Waals surface area contributed by atoms with Gasteiger partial charge in [-0.15, -0.1) is 0 Å². The summed E-state index contributed by atoms with van der Waals surface area (Å²) in [6.07, 6.45) is -8.37. The lowest BCUT2D eigenvalue weighted by Crippen LogP contribution is -2.34. The van der Waals surface area contributed by atoms with Crippen LogP contribution in [0.2, 0.25) is 0 Å². The molecule has 1 aliphatic rings. The summed E-state index contributed by atoms with van der Waals surface area (Å²) in [6, 6.07) is 4.18. The molecule has 2 aromatic rings. The Morgan fingerprint density at radius 3 is 2.58 bits per heavy atom. The largest absolute Gasteiger partial charge is 0.493 e. The highest BCUT2D eigenvalue weighted by molar-refractivity contribution is 5.97. The van der Waals surface area contributed by atoms with Gasteiger partial charge in [0.2, 0.25) is 5.82 Å². The Morgan fingerprint density at radius 1 is 1.26 bits per heavy atom. The molecule has 12 heteroatoms. The van der Waals surface area contributed by atoms with Crippen LogP contribution in [0.3, 0.4) is 0 Å². The van der Waals surface area contributed by atoms with Crippen LogP contribution in [0.1, 0.15) is 28.4 Å². The van der Waals surface area contributed by atoms with Crippen molar-refractivity contribution in [3.8, 4) is 5.75 Å². The fourth-order valence-electron chi connectivity index (χ4n) is 3.33. The number of nitrogens with two attached hydrogens (primary N) is 1. The number of carbonyl (C=O) groups is 2. The Labute approximate surface area is 172 Å². The number of carbonyl (C=O) groups excluding carboxylic acids is 2. The lowest BCUT2D eigenvalue weighted by Gasteiger charge is -2.21. The van der Waals surface area contributed by atoms with Crippen molar-refractivity contribution in [2.24, 2.45) is 5.73 Å². The third-order valence-corrected chi connectivity index (χ3v) is 4.73. The monoisotopic (exact) mass is 445 g/mol. The minimum absolute atomic E-state index is 0.0314. The molecule has 3 atom stereocenters. The maximum atomic E-state index is 14.1. The van der Waals surface area contributed by atoms with Crippen LogP contribution >= 0.6 is 0 Å². The minimum Gasteiger partial charge on any atom is -0.493 e. The predicted molar refractivity (Wildman–Crippen MR) is 96.4 cm³/mol. The highest BCUT2D eigenvalue weighted by atomic mass is 19.4. The molecule has 0 bridgehead atoms. The summed E-state index contributed by atoms with van der Waals surface area (Å²) < 4.78 is 77.4. The van der Waals surface area contributed by atoms with Crippen molar-refractivity contribution in [2.75, 3.05) is 12.4 Å². The number of pyridine rings is 1. The zero-order valence-corrected chi connectivity index (χ0v) is 15.9. The summed E-state index contributed by atoms with van der Waals surface area (Å²) >= 11 is 0. The molecule has 166 valence electrons. The molecule has 1 aromatic carbocycles. The normalized spacial score (nSPS) is 21.0. The predicted octanol–water partition coefficient (Wildman–Crippen LogP) is 2.91. The second kappa shape index (κ2) is 8.46. The zero-order chi connectivity index (χ0) is 22.9. The van der Waals surface area contributed by atoms with Crippen LogP contribution in [0.25, 0.3) is 0 Å². The van der Waals surface area contributed by atoms with Crippen LogP contribution in [-0.2, 0) is 9.53 Å². The van der Waals surface area contributed by atoms with E-state index in [2.05, 4.69) is 10.3 Å². The SMILES string of the molecule is COc1c([C@@H]2CC(C(F)(F)F)O[C@@H]2C(=O)Nc2ccnc(C(N)=O)c2)ccc(F)c1F.